The number of methoxy groups -OCH3 is 1. The maximum absolute atomic E-state index is 11.8. The first kappa shape index (κ1) is 9.13. The lowest BCUT2D eigenvalue weighted by atomic mass is 9.70. The minimum absolute atomic E-state index is 0.118. The van der Waals surface area contributed by atoms with Crippen molar-refractivity contribution in [3.63, 3.8) is 0 Å². The standard InChI is InChI=1S/C10H13ClO3/c1-13-10-6-2-5(3-8(10)11)9(12)7(4-6)14-10/h5-8H,2-4H2,1H3/t5-,6-,7-,8+,10+/m1/s1. The summed E-state index contributed by atoms with van der Waals surface area (Å²) in [5.74, 6) is 0.00122. The van der Waals surface area contributed by atoms with Crippen LogP contribution >= 0.6 is 11.6 Å². The molecule has 3 rings (SSSR count). The highest BCUT2D eigenvalue weighted by molar-refractivity contribution is 6.21. The molecule has 0 aromatic carbocycles. The molecule has 1 aliphatic heterocycles. The molecule has 3 aliphatic rings. The van der Waals surface area contributed by atoms with Gasteiger partial charge in [-0.05, 0) is 19.3 Å². The summed E-state index contributed by atoms with van der Waals surface area (Å²) in [6, 6.07) is 0. The van der Waals surface area contributed by atoms with Crippen molar-refractivity contribution in [2.24, 2.45) is 11.8 Å². The molecule has 3 bridgehead atoms. The first-order chi connectivity index (χ1) is 6.67. The van der Waals surface area contributed by atoms with Crippen LogP contribution in [-0.4, -0.2) is 30.2 Å². The number of rotatable bonds is 1. The van der Waals surface area contributed by atoms with E-state index in [0.717, 1.165) is 12.8 Å². The molecular formula is C10H13ClO3. The van der Waals surface area contributed by atoms with Crippen LogP contribution in [0.3, 0.4) is 0 Å². The Labute approximate surface area is 87.7 Å². The summed E-state index contributed by atoms with van der Waals surface area (Å²) < 4.78 is 11.2. The second kappa shape index (κ2) is 2.71. The third-order valence-electron chi connectivity index (χ3n) is 3.93. The molecule has 0 radical (unpaired) electrons. The van der Waals surface area contributed by atoms with E-state index in [1.54, 1.807) is 7.11 Å². The van der Waals surface area contributed by atoms with Gasteiger partial charge in [0.05, 0.1) is 5.38 Å². The molecule has 3 fully saturated rings. The Bertz CT molecular complexity index is 291. The van der Waals surface area contributed by atoms with Gasteiger partial charge in [-0.15, -0.1) is 11.6 Å². The van der Waals surface area contributed by atoms with Crippen LogP contribution in [0.5, 0.6) is 0 Å². The minimum atomic E-state index is -0.672. The number of ether oxygens (including phenoxy) is 2. The molecule has 0 unspecified atom stereocenters. The van der Waals surface area contributed by atoms with E-state index in [-0.39, 0.29) is 23.2 Å². The smallest absolute Gasteiger partial charge is 0.188 e. The molecule has 1 saturated heterocycles. The van der Waals surface area contributed by atoms with Crippen LogP contribution in [-0.2, 0) is 14.3 Å². The van der Waals surface area contributed by atoms with Gasteiger partial charge in [0.15, 0.2) is 11.6 Å². The van der Waals surface area contributed by atoms with E-state index < -0.39 is 5.79 Å². The van der Waals surface area contributed by atoms with Gasteiger partial charge >= 0.3 is 0 Å². The molecule has 0 aromatic heterocycles. The number of hydrogen-bond donors (Lipinski definition) is 0. The minimum Gasteiger partial charge on any atom is -0.351 e. The number of ketones is 1. The molecule has 0 aromatic rings. The topological polar surface area (TPSA) is 35.5 Å². The molecule has 2 saturated carbocycles. The van der Waals surface area contributed by atoms with Crippen LogP contribution in [0.15, 0.2) is 0 Å². The molecule has 5 atom stereocenters. The Morgan fingerprint density at radius 2 is 2.29 bits per heavy atom. The van der Waals surface area contributed by atoms with Crippen LogP contribution in [0.2, 0.25) is 0 Å². The number of halogens is 1. The van der Waals surface area contributed by atoms with Crippen LogP contribution in [0.1, 0.15) is 19.3 Å². The van der Waals surface area contributed by atoms with Crippen LogP contribution in [0, 0.1) is 11.8 Å². The number of Topliss-reactive ketones (excluding diaryl/α,β-unsaturated/α-hetero) is 1. The van der Waals surface area contributed by atoms with Gasteiger partial charge in [-0.1, -0.05) is 0 Å². The summed E-state index contributed by atoms with van der Waals surface area (Å²) in [4.78, 5) is 11.8. The van der Waals surface area contributed by atoms with E-state index in [9.17, 15) is 4.79 Å². The SMILES string of the molecule is CO[C@]12O[C@@H]3C[C@H]1C[C@H](C[C@@H]2Cl)C3=O. The van der Waals surface area contributed by atoms with Gasteiger partial charge in [0.1, 0.15) is 6.10 Å². The Morgan fingerprint density at radius 3 is 3.00 bits per heavy atom. The van der Waals surface area contributed by atoms with E-state index >= 15 is 0 Å². The van der Waals surface area contributed by atoms with Crippen molar-refractivity contribution >= 4 is 17.4 Å². The number of hydrogen-bond acceptors (Lipinski definition) is 3. The highest BCUT2D eigenvalue weighted by Gasteiger charge is 2.63. The van der Waals surface area contributed by atoms with Crippen LogP contribution in [0.4, 0.5) is 0 Å². The van der Waals surface area contributed by atoms with Crippen molar-refractivity contribution in [2.75, 3.05) is 7.11 Å². The molecule has 0 amide bonds. The second-order valence-electron chi connectivity index (χ2n) is 4.50. The molecule has 0 spiro atoms. The Morgan fingerprint density at radius 1 is 1.50 bits per heavy atom. The summed E-state index contributed by atoms with van der Waals surface area (Å²) in [6.45, 7) is 0. The third-order valence-corrected chi connectivity index (χ3v) is 4.41. The quantitative estimate of drug-likeness (QED) is 0.621. The first-order valence-electron chi connectivity index (χ1n) is 5.08. The summed E-state index contributed by atoms with van der Waals surface area (Å²) in [5, 5.41) is -0.173. The first-order valence-corrected chi connectivity index (χ1v) is 5.52. The van der Waals surface area contributed by atoms with Gasteiger partial charge in [0, 0.05) is 18.9 Å². The number of alkyl halides is 1. The average molecular weight is 217 g/mol. The largest absolute Gasteiger partial charge is 0.351 e. The summed E-state index contributed by atoms with van der Waals surface area (Å²) >= 11 is 6.26. The summed E-state index contributed by atoms with van der Waals surface area (Å²) in [7, 11) is 1.63. The maximum atomic E-state index is 11.8. The van der Waals surface area contributed by atoms with Crippen molar-refractivity contribution in [1.82, 2.24) is 0 Å². The molecule has 4 heteroatoms. The predicted molar refractivity (Wildman–Crippen MR) is 50.1 cm³/mol. The zero-order valence-corrected chi connectivity index (χ0v) is 8.79. The van der Waals surface area contributed by atoms with Gasteiger partial charge in [-0.25, -0.2) is 0 Å². The van der Waals surface area contributed by atoms with E-state index in [0.29, 0.717) is 12.3 Å². The predicted octanol–water partition coefficient (Wildman–Crippen LogP) is 1.33. The number of carbonyl (C=O) groups excluding carboxylic acids is 1. The molecule has 14 heavy (non-hydrogen) atoms. The second-order valence-corrected chi connectivity index (χ2v) is 5.03. The Balaban J connectivity index is 2.05. The zero-order chi connectivity index (χ0) is 9.92. The number of fused-ring (bicyclic) bond motifs is 2. The van der Waals surface area contributed by atoms with Crippen molar-refractivity contribution in [2.45, 2.75) is 36.5 Å². The van der Waals surface area contributed by atoms with Gasteiger partial charge in [-0.2, -0.15) is 0 Å². The van der Waals surface area contributed by atoms with Crippen molar-refractivity contribution in [3.8, 4) is 0 Å². The molecule has 0 N–H and O–H groups in total. The van der Waals surface area contributed by atoms with Crippen molar-refractivity contribution < 1.29 is 14.3 Å². The molecule has 78 valence electrons. The molecule has 3 nitrogen and oxygen atoms in total. The van der Waals surface area contributed by atoms with Gasteiger partial charge < -0.3 is 9.47 Å². The zero-order valence-electron chi connectivity index (χ0n) is 8.03. The number of carbonyl (C=O) groups is 1. The van der Waals surface area contributed by atoms with Crippen LogP contribution in [0.25, 0.3) is 0 Å². The fourth-order valence-electron chi connectivity index (χ4n) is 3.25. The van der Waals surface area contributed by atoms with E-state index in [2.05, 4.69) is 0 Å². The van der Waals surface area contributed by atoms with Gasteiger partial charge in [0.25, 0.3) is 0 Å². The maximum Gasteiger partial charge on any atom is 0.188 e. The van der Waals surface area contributed by atoms with Gasteiger partial charge in [-0.3, -0.25) is 4.79 Å². The Hall–Kier alpha value is -0.120. The Kier molecular flexibility index (Phi) is 1.77. The van der Waals surface area contributed by atoms with Crippen LogP contribution < -0.4 is 0 Å². The van der Waals surface area contributed by atoms with Crippen molar-refractivity contribution in [3.05, 3.63) is 0 Å². The lowest BCUT2D eigenvalue weighted by Crippen LogP contribution is -2.50. The fourth-order valence-corrected chi connectivity index (χ4v) is 3.78. The van der Waals surface area contributed by atoms with Crippen molar-refractivity contribution in [1.29, 1.82) is 0 Å². The van der Waals surface area contributed by atoms with E-state index in [4.69, 9.17) is 21.1 Å². The summed E-state index contributed by atoms with van der Waals surface area (Å²) in [6.07, 6.45) is 2.16. The lowest BCUT2D eigenvalue weighted by molar-refractivity contribution is -0.229. The van der Waals surface area contributed by atoms with E-state index in [1.807, 2.05) is 0 Å². The molecule has 2 aliphatic carbocycles. The normalized spacial score (nSPS) is 55.4. The lowest BCUT2D eigenvalue weighted by Gasteiger charge is -2.41. The highest BCUT2D eigenvalue weighted by Crippen LogP contribution is 2.55. The molecule has 1 heterocycles. The van der Waals surface area contributed by atoms with Gasteiger partial charge in [0.2, 0.25) is 0 Å². The molecular weight excluding hydrogens is 204 g/mol. The highest BCUT2D eigenvalue weighted by atomic mass is 35.5. The monoisotopic (exact) mass is 216 g/mol. The fraction of sp³-hybridized carbons (Fsp3) is 0.900. The van der Waals surface area contributed by atoms with E-state index in [1.165, 1.54) is 0 Å². The summed E-state index contributed by atoms with van der Waals surface area (Å²) in [5.41, 5.74) is 0. The third kappa shape index (κ3) is 0.884. The average Bonchev–Trinajstić information content (AvgIpc) is 2.48.